The van der Waals surface area contributed by atoms with Gasteiger partial charge in [0.25, 0.3) is 0 Å². The number of para-hydroxylation sites is 1. The van der Waals surface area contributed by atoms with E-state index >= 15 is 0 Å². The Hall–Kier alpha value is -1.05. The Morgan fingerprint density at radius 2 is 2.27 bits per heavy atom. The Kier molecular flexibility index (Phi) is 2.68. The van der Waals surface area contributed by atoms with Crippen molar-refractivity contribution in [1.29, 1.82) is 5.26 Å². The molecule has 0 bridgehead atoms. The fraction of sp³-hybridized carbons (Fsp3) is 0.273. The van der Waals surface area contributed by atoms with Crippen molar-refractivity contribution in [3.05, 3.63) is 29.3 Å². The molecule has 0 spiro atoms. The fourth-order valence-corrected chi connectivity index (χ4v) is 2.59. The van der Waals surface area contributed by atoms with Gasteiger partial charge in [-0.15, -0.1) is 11.3 Å². The molecule has 0 N–H and O–H groups in total. The van der Waals surface area contributed by atoms with E-state index in [4.69, 9.17) is 5.26 Å². The third kappa shape index (κ3) is 1.73. The van der Waals surface area contributed by atoms with Gasteiger partial charge in [-0.3, -0.25) is 0 Å². The standard InChI is InChI=1S/C11H10N2S2/c1-2-11(14,7-12)10-13-8-5-3-4-6-9(8)15-10/h3-6,14H,2H2,1H3. The summed E-state index contributed by atoms with van der Waals surface area (Å²) in [7, 11) is 0. The second-order valence-electron chi connectivity index (χ2n) is 3.31. The van der Waals surface area contributed by atoms with Crippen molar-refractivity contribution in [2.45, 2.75) is 18.1 Å². The lowest BCUT2D eigenvalue weighted by atomic mass is 10.1. The van der Waals surface area contributed by atoms with Crippen LogP contribution in [0.5, 0.6) is 0 Å². The Labute approximate surface area is 98.0 Å². The van der Waals surface area contributed by atoms with Crippen molar-refractivity contribution >= 4 is 34.2 Å². The largest absolute Gasteiger partial charge is 0.239 e. The molecule has 1 heterocycles. The SMILES string of the molecule is CCC(S)(C#N)c1nc2ccccc2s1. The topological polar surface area (TPSA) is 36.7 Å². The van der Waals surface area contributed by atoms with Crippen LogP contribution in [0.25, 0.3) is 10.2 Å². The first-order valence-electron chi connectivity index (χ1n) is 4.69. The molecule has 0 saturated carbocycles. The molecule has 1 atom stereocenters. The Morgan fingerprint density at radius 1 is 1.53 bits per heavy atom. The van der Waals surface area contributed by atoms with Gasteiger partial charge in [0.05, 0.1) is 16.3 Å². The number of hydrogen-bond donors (Lipinski definition) is 1. The Balaban J connectivity index is 2.59. The molecule has 0 radical (unpaired) electrons. The summed E-state index contributed by atoms with van der Waals surface area (Å²) in [5.74, 6) is 0. The first kappa shape index (κ1) is 10.5. The molecule has 4 heteroatoms. The lowest BCUT2D eigenvalue weighted by molar-refractivity contribution is 0.752. The molecule has 15 heavy (non-hydrogen) atoms. The molecule has 0 saturated heterocycles. The Morgan fingerprint density at radius 3 is 2.87 bits per heavy atom. The van der Waals surface area contributed by atoms with Crippen LogP contribution in [0.4, 0.5) is 0 Å². The highest BCUT2D eigenvalue weighted by Gasteiger charge is 2.29. The number of aromatic nitrogens is 1. The summed E-state index contributed by atoms with van der Waals surface area (Å²) in [5, 5.41) is 9.89. The van der Waals surface area contributed by atoms with Crippen LogP contribution in [0.2, 0.25) is 0 Å². The van der Waals surface area contributed by atoms with Crippen LogP contribution in [-0.4, -0.2) is 4.98 Å². The monoisotopic (exact) mass is 234 g/mol. The molecule has 1 unspecified atom stereocenters. The molecule has 1 aromatic heterocycles. The molecule has 0 aliphatic heterocycles. The van der Waals surface area contributed by atoms with Gasteiger partial charge in [0, 0.05) is 0 Å². The predicted octanol–water partition coefficient (Wildman–Crippen LogP) is 3.35. The first-order valence-corrected chi connectivity index (χ1v) is 5.95. The van der Waals surface area contributed by atoms with Crippen molar-refractivity contribution in [2.75, 3.05) is 0 Å². The molecule has 0 aliphatic carbocycles. The van der Waals surface area contributed by atoms with Crippen LogP contribution in [0, 0.1) is 11.3 Å². The number of thiazole rings is 1. The summed E-state index contributed by atoms with van der Waals surface area (Å²) in [6, 6.07) is 10.1. The number of fused-ring (bicyclic) bond motifs is 1. The maximum atomic E-state index is 9.10. The van der Waals surface area contributed by atoms with E-state index in [0.717, 1.165) is 15.2 Å². The van der Waals surface area contributed by atoms with E-state index in [-0.39, 0.29) is 0 Å². The van der Waals surface area contributed by atoms with Gasteiger partial charge >= 0.3 is 0 Å². The van der Waals surface area contributed by atoms with E-state index in [0.29, 0.717) is 6.42 Å². The minimum Gasteiger partial charge on any atom is -0.239 e. The number of rotatable bonds is 2. The summed E-state index contributed by atoms with van der Waals surface area (Å²) >= 11 is 5.95. The highest BCUT2D eigenvalue weighted by molar-refractivity contribution is 7.81. The Bertz CT molecular complexity index is 494. The van der Waals surface area contributed by atoms with E-state index in [1.807, 2.05) is 31.2 Å². The van der Waals surface area contributed by atoms with E-state index in [2.05, 4.69) is 23.7 Å². The number of nitrogens with zero attached hydrogens (tertiary/aromatic N) is 2. The molecule has 2 rings (SSSR count). The zero-order valence-electron chi connectivity index (χ0n) is 8.27. The molecule has 0 amide bonds. The average Bonchev–Trinajstić information content (AvgIpc) is 2.72. The predicted molar refractivity (Wildman–Crippen MR) is 66.2 cm³/mol. The lowest BCUT2D eigenvalue weighted by Crippen LogP contribution is -2.13. The molecule has 2 aromatic rings. The van der Waals surface area contributed by atoms with Gasteiger partial charge in [0.15, 0.2) is 4.75 Å². The van der Waals surface area contributed by atoms with Crippen LogP contribution in [-0.2, 0) is 4.75 Å². The normalized spacial score (nSPS) is 14.7. The summed E-state index contributed by atoms with van der Waals surface area (Å²) in [6.07, 6.45) is 0.659. The highest BCUT2D eigenvalue weighted by atomic mass is 32.1. The fourth-order valence-electron chi connectivity index (χ4n) is 1.33. The van der Waals surface area contributed by atoms with Gasteiger partial charge in [-0.2, -0.15) is 17.9 Å². The maximum absolute atomic E-state index is 9.10. The molecule has 2 nitrogen and oxygen atoms in total. The highest BCUT2D eigenvalue weighted by Crippen LogP contribution is 2.36. The quantitative estimate of drug-likeness (QED) is 0.809. The summed E-state index contributed by atoms with van der Waals surface area (Å²) < 4.78 is 0.360. The summed E-state index contributed by atoms with van der Waals surface area (Å²) in [6.45, 7) is 1.95. The van der Waals surface area contributed by atoms with E-state index in [1.54, 1.807) is 11.3 Å². The summed E-state index contributed by atoms with van der Waals surface area (Å²) in [5.41, 5.74) is 0.944. The van der Waals surface area contributed by atoms with Crippen LogP contribution in [0.1, 0.15) is 18.4 Å². The zero-order valence-corrected chi connectivity index (χ0v) is 9.98. The van der Waals surface area contributed by atoms with Crippen LogP contribution >= 0.6 is 24.0 Å². The van der Waals surface area contributed by atoms with E-state index in [1.165, 1.54) is 0 Å². The van der Waals surface area contributed by atoms with E-state index in [9.17, 15) is 0 Å². The lowest BCUT2D eigenvalue weighted by Gasteiger charge is -2.13. The van der Waals surface area contributed by atoms with Gasteiger partial charge in [-0.1, -0.05) is 19.1 Å². The average molecular weight is 234 g/mol. The summed E-state index contributed by atoms with van der Waals surface area (Å²) in [4.78, 5) is 4.45. The minimum absolute atomic E-state index is 0.659. The number of thiol groups is 1. The first-order chi connectivity index (χ1) is 7.19. The smallest absolute Gasteiger partial charge is 0.151 e. The molecular formula is C11H10N2S2. The van der Waals surface area contributed by atoms with Crippen molar-refractivity contribution in [1.82, 2.24) is 4.98 Å². The molecule has 76 valence electrons. The number of benzene rings is 1. The van der Waals surface area contributed by atoms with Crippen molar-refractivity contribution < 1.29 is 0 Å². The van der Waals surface area contributed by atoms with Crippen molar-refractivity contribution in [2.24, 2.45) is 0 Å². The van der Waals surface area contributed by atoms with Gasteiger partial charge < -0.3 is 0 Å². The van der Waals surface area contributed by atoms with Gasteiger partial charge in [0.2, 0.25) is 0 Å². The maximum Gasteiger partial charge on any atom is 0.151 e. The molecular weight excluding hydrogens is 224 g/mol. The zero-order chi connectivity index (χ0) is 10.9. The van der Waals surface area contributed by atoms with Gasteiger partial charge in [0.1, 0.15) is 5.01 Å². The van der Waals surface area contributed by atoms with Crippen molar-refractivity contribution in [3.63, 3.8) is 0 Å². The second kappa shape index (κ2) is 3.84. The second-order valence-corrected chi connectivity index (χ2v) is 5.11. The van der Waals surface area contributed by atoms with E-state index < -0.39 is 4.75 Å². The third-order valence-corrected chi connectivity index (χ3v) is 4.32. The minimum atomic E-state index is -0.746. The third-order valence-electron chi connectivity index (χ3n) is 2.34. The van der Waals surface area contributed by atoms with Gasteiger partial charge in [-0.05, 0) is 18.6 Å². The molecule has 1 aromatic carbocycles. The van der Waals surface area contributed by atoms with Crippen LogP contribution in [0.3, 0.4) is 0 Å². The van der Waals surface area contributed by atoms with Crippen LogP contribution in [0.15, 0.2) is 24.3 Å². The molecule has 0 aliphatic rings. The number of nitriles is 1. The van der Waals surface area contributed by atoms with Crippen molar-refractivity contribution in [3.8, 4) is 6.07 Å². The van der Waals surface area contributed by atoms with Crippen LogP contribution < -0.4 is 0 Å². The van der Waals surface area contributed by atoms with Gasteiger partial charge in [-0.25, -0.2) is 4.98 Å². The molecule has 0 fully saturated rings. The number of hydrogen-bond acceptors (Lipinski definition) is 4.